The van der Waals surface area contributed by atoms with Crippen LogP contribution in [0.5, 0.6) is 0 Å². The zero-order valence-corrected chi connectivity index (χ0v) is 29.1. The van der Waals surface area contributed by atoms with Gasteiger partial charge in [-0.2, -0.15) is 0 Å². The molecule has 0 bridgehead atoms. The highest BCUT2D eigenvalue weighted by molar-refractivity contribution is 5.91. The molecule has 5 heteroatoms. The van der Waals surface area contributed by atoms with Gasteiger partial charge in [0.1, 0.15) is 11.4 Å². The molecule has 3 aliphatic heterocycles. The van der Waals surface area contributed by atoms with Crippen molar-refractivity contribution in [1.82, 2.24) is 9.36 Å². The largest absolute Gasteiger partial charge is 0.466 e. The fraction of sp³-hybridized carbons (Fsp3) is 0.182. The molecule has 49 heavy (non-hydrogen) atoms. The lowest BCUT2D eigenvalue weighted by molar-refractivity contribution is -1.02. The van der Waals surface area contributed by atoms with Crippen molar-refractivity contribution >= 4 is 17.1 Å². The van der Waals surface area contributed by atoms with Crippen molar-refractivity contribution in [3.8, 4) is 33.6 Å². The van der Waals surface area contributed by atoms with E-state index in [4.69, 9.17) is 0 Å². The molecule has 5 heterocycles. The number of hydrogen-bond acceptors (Lipinski definition) is 1. The minimum Gasteiger partial charge on any atom is -0.308 e. The van der Waals surface area contributed by atoms with E-state index in [2.05, 4.69) is 181 Å². The second-order valence-corrected chi connectivity index (χ2v) is 14.3. The van der Waals surface area contributed by atoms with E-state index in [1.165, 1.54) is 101 Å². The van der Waals surface area contributed by atoms with E-state index in [-0.39, 0.29) is 0 Å². The zero-order valence-electron chi connectivity index (χ0n) is 29.1. The molecule has 2 aromatic heterocycles. The lowest BCUT2D eigenvalue weighted by Gasteiger charge is -2.35. The molecular weight excluding hydrogens is 599 g/mol. The van der Waals surface area contributed by atoms with Gasteiger partial charge in [-0.05, 0) is 96.1 Å². The summed E-state index contributed by atoms with van der Waals surface area (Å²) in [5.74, 6) is 0. The van der Waals surface area contributed by atoms with Gasteiger partial charge < -0.3 is 4.90 Å². The first-order valence-electron chi connectivity index (χ1n) is 17.3. The van der Waals surface area contributed by atoms with Gasteiger partial charge in [0, 0.05) is 19.9 Å². The summed E-state index contributed by atoms with van der Waals surface area (Å²) in [6.45, 7) is 15.9. The molecular formula is C44H39N5+2. The molecule has 0 amide bonds. The van der Waals surface area contributed by atoms with E-state index in [0.29, 0.717) is 0 Å². The second-order valence-electron chi connectivity index (χ2n) is 14.3. The molecule has 1 spiro atoms. The van der Waals surface area contributed by atoms with E-state index in [1.54, 1.807) is 0 Å². The van der Waals surface area contributed by atoms with Gasteiger partial charge in [-0.15, -0.1) is 9.36 Å². The molecule has 0 aliphatic carbocycles. The Hall–Kier alpha value is -5.68. The minimum absolute atomic E-state index is 0.601. The Kier molecular flexibility index (Phi) is 5.48. The van der Waals surface area contributed by atoms with Crippen molar-refractivity contribution < 1.29 is 9.36 Å². The molecule has 238 valence electrons. The summed E-state index contributed by atoms with van der Waals surface area (Å²) < 4.78 is 10.2. The van der Waals surface area contributed by atoms with Crippen molar-refractivity contribution in [3.63, 3.8) is 0 Å². The Morgan fingerprint density at radius 3 is 1.69 bits per heavy atom. The number of nitrogens with zero attached hydrogens (tertiary/aromatic N) is 5. The monoisotopic (exact) mass is 637 g/mol. The Morgan fingerprint density at radius 2 is 1.06 bits per heavy atom. The highest BCUT2D eigenvalue weighted by Crippen LogP contribution is 2.58. The average molecular weight is 638 g/mol. The van der Waals surface area contributed by atoms with Gasteiger partial charge in [0.2, 0.25) is 11.4 Å². The number of benzene rings is 5. The van der Waals surface area contributed by atoms with Crippen LogP contribution in [0.1, 0.15) is 50.6 Å². The first kappa shape index (κ1) is 28.3. The van der Waals surface area contributed by atoms with E-state index in [9.17, 15) is 0 Å². The van der Waals surface area contributed by atoms with Crippen molar-refractivity contribution in [2.24, 2.45) is 0 Å². The fourth-order valence-electron chi connectivity index (χ4n) is 9.80. The van der Waals surface area contributed by atoms with Crippen LogP contribution in [0.4, 0.5) is 17.1 Å². The molecule has 0 saturated heterocycles. The molecule has 1 unspecified atom stereocenters. The third-order valence-corrected chi connectivity index (χ3v) is 11.3. The second kappa shape index (κ2) is 9.48. The molecule has 7 aromatic rings. The Labute approximate surface area is 287 Å². The predicted molar refractivity (Wildman–Crippen MR) is 196 cm³/mol. The summed E-state index contributed by atoms with van der Waals surface area (Å²) in [5.41, 5.74) is 22.1. The van der Waals surface area contributed by atoms with Crippen LogP contribution >= 0.6 is 0 Å². The topological polar surface area (TPSA) is 20.9 Å². The van der Waals surface area contributed by atoms with Crippen molar-refractivity contribution in [2.75, 3.05) is 4.90 Å². The summed E-state index contributed by atoms with van der Waals surface area (Å²) in [6.07, 6.45) is 0. The SMILES string of the molecule is Cc1cc(C)c(N2c3cccc4c3C3(c5c2cccc5-n2c(C)c(-c5ccc(-c6ccccc6)cc5)c(C)[n+]23)[n+]2c(C)cc(C)n2-4)c(C)c1. The molecule has 5 nitrogen and oxygen atoms in total. The summed E-state index contributed by atoms with van der Waals surface area (Å²) in [6, 6.07) is 40.6. The molecule has 1 atom stereocenters. The van der Waals surface area contributed by atoms with Crippen molar-refractivity contribution in [2.45, 2.75) is 54.1 Å². The van der Waals surface area contributed by atoms with E-state index < -0.39 is 5.66 Å². The van der Waals surface area contributed by atoms with Crippen molar-refractivity contribution in [1.29, 1.82) is 0 Å². The summed E-state index contributed by atoms with van der Waals surface area (Å²) >= 11 is 0. The maximum Gasteiger partial charge on any atom is 0.466 e. The normalized spacial score (nSPS) is 16.1. The number of aryl methyl sites for hydroxylation is 5. The number of aromatic nitrogens is 4. The molecule has 0 saturated carbocycles. The Balaban J connectivity index is 1.32. The van der Waals surface area contributed by atoms with E-state index in [1.807, 2.05) is 0 Å². The predicted octanol–water partition coefficient (Wildman–Crippen LogP) is 9.04. The summed E-state index contributed by atoms with van der Waals surface area (Å²) in [7, 11) is 0. The third-order valence-electron chi connectivity index (χ3n) is 11.3. The maximum atomic E-state index is 2.61. The van der Waals surface area contributed by atoms with Crippen LogP contribution < -0.4 is 14.3 Å². The van der Waals surface area contributed by atoms with Crippen LogP contribution in [0.15, 0.2) is 109 Å². The molecule has 0 N–H and O–H groups in total. The average Bonchev–Trinajstić information content (AvgIpc) is 3.77. The van der Waals surface area contributed by atoms with Gasteiger partial charge in [-0.1, -0.05) is 84.4 Å². The highest BCUT2D eigenvalue weighted by Gasteiger charge is 2.75. The lowest BCUT2D eigenvalue weighted by Crippen LogP contribution is -2.76. The quantitative estimate of drug-likeness (QED) is 0.177. The minimum atomic E-state index is -0.601. The van der Waals surface area contributed by atoms with E-state index >= 15 is 0 Å². The Morgan fingerprint density at radius 1 is 0.510 bits per heavy atom. The Bertz CT molecular complexity index is 2540. The van der Waals surface area contributed by atoms with Gasteiger partial charge in [0.15, 0.2) is 11.1 Å². The lowest BCUT2D eigenvalue weighted by atomic mass is 9.82. The first-order chi connectivity index (χ1) is 23.7. The van der Waals surface area contributed by atoms with Crippen LogP contribution in [0.2, 0.25) is 0 Å². The maximum absolute atomic E-state index is 2.61. The third kappa shape index (κ3) is 3.30. The molecule has 0 radical (unpaired) electrons. The smallest absolute Gasteiger partial charge is 0.308 e. The first-order valence-corrected chi connectivity index (χ1v) is 17.3. The molecule has 0 fully saturated rings. The van der Waals surface area contributed by atoms with Crippen LogP contribution in [-0.2, 0) is 5.66 Å². The number of rotatable bonds is 3. The van der Waals surface area contributed by atoms with E-state index in [0.717, 1.165) is 0 Å². The van der Waals surface area contributed by atoms with Crippen LogP contribution in [0, 0.1) is 48.5 Å². The molecule has 3 aliphatic rings. The van der Waals surface area contributed by atoms with Crippen LogP contribution in [-0.4, -0.2) is 9.36 Å². The highest BCUT2D eigenvalue weighted by atomic mass is 15.6. The van der Waals surface area contributed by atoms with Crippen LogP contribution in [0.3, 0.4) is 0 Å². The van der Waals surface area contributed by atoms with Crippen LogP contribution in [0.25, 0.3) is 33.6 Å². The van der Waals surface area contributed by atoms with Gasteiger partial charge in [-0.25, -0.2) is 0 Å². The number of fused-ring (bicyclic) bond motifs is 4. The fourth-order valence-corrected chi connectivity index (χ4v) is 9.80. The van der Waals surface area contributed by atoms with Crippen molar-refractivity contribution in [3.05, 3.63) is 160 Å². The van der Waals surface area contributed by atoms with Gasteiger partial charge >= 0.3 is 5.66 Å². The summed E-state index contributed by atoms with van der Waals surface area (Å²) in [4.78, 5) is 2.55. The molecule has 5 aromatic carbocycles. The number of anilines is 3. The standard InChI is InChI=1S/C44H39N5/c1-26-23-27(2)43(28(3)24-26)45-36-15-11-17-38-41(36)44(48-30(5)25-29(4)46(38)48)42-37(45)16-12-18-39(42)47-31(6)40(32(7)49(44)47)35-21-19-34(20-22-35)33-13-9-8-10-14-33/h8-25H,1-7H3/q+2. The van der Waals surface area contributed by atoms with Gasteiger partial charge in [-0.3, -0.25) is 0 Å². The summed E-state index contributed by atoms with van der Waals surface area (Å²) in [5, 5.41) is 0. The molecule has 10 rings (SSSR count). The number of hydrogen-bond donors (Lipinski definition) is 0. The van der Waals surface area contributed by atoms with Gasteiger partial charge in [0.05, 0.1) is 34.0 Å². The zero-order chi connectivity index (χ0) is 33.5. The van der Waals surface area contributed by atoms with Gasteiger partial charge in [0.25, 0.3) is 0 Å².